The number of carbonyl (C=O) groups is 1. The van der Waals surface area contributed by atoms with Gasteiger partial charge in [-0.3, -0.25) is 14.0 Å². The highest BCUT2D eigenvalue weighted by molar-refractivity contribution is 5.94. The molecule has 6 nitrogen and oxygen atoms in total. The molecule has 1 aromatic carbocycles. The van der Waals surface area contributed by atoms with Crippen LogP contribution in [0.3, 0.4) is 0 Å². The van der Waals surface area contributed by atoms with E-state index in [1.807, 2.05) is 6.07 Å². The largest absolute Gasteiger partial charge is 0.433 e. The molecule has 3 rings (SSSR count). The van der Waals surface area contributed by atoms with Crippen molar-refractivity contribution in [3.8, 4) is 17.2 Å². The van der Waals surface area contributed by atoms with Crippen LogP contribution in [0.15, 0.2) is 47.4 Å². The zero-order chi connectivity index (χ0) is 22.1. The van der Waals surface area contributed by atoms with Crippen LogP contribution >= 0.6 is 0 Å². The van der Waals surface area contributed by atoms with Gasteiger partial charge in [0.15, 0.2) is 5.69 Å². The van der Waals surface area contributed by atoms with Crippen molar-refractivity contribution in [3.05, 3.63) is 69.8 Å². The minimum absolute atomic E-state index is 0.120. The van der Waals surface area contributed by atoms with Crippen molar-refractivity contribution in [2.24, 2.45) is 0 Å². The lowest BCUT2D eigenvalue weighted by molar-refractivity contribution is -0.141. The Bertz CT molecular complexity index is 1210. The van der Waals surface area contributed by atoms with E-state index in [1.54, 1.807) is 43.4 Å². The van der Waals surface area contributed by atoms with Gasteiger partial charge in [0.2, 0.25) is 0 Å². The molecule has 2 heterocycles. The Morgan fingerprint density at radius 3 is 2.50 bits per heavy atom. The van der Waals surface area contributed by atoms with Crippen molar-refractivity contribution in [1.82, 2.24) is 14.3 Å². The zero-order valence-electron chi connectivity index (χ0n) is 16.2. The molecule has 154 valence electrons. The first-order chi connectivity index (χ1) is 14.1. The summed E-state index contributed by atoms with van der Waals surface area (Å²) in [7, 11) is 1.58. The molecule has 0 atom stereocenters. The number of nitrogens with zero attached hydrogens (tertiary/aromatic N) is 4. The molecule has 9 heteroatoms. The van der Waals surface area contributed by atoms with Crippen molar-refractivity contribution >= 4 is 11.6 Å². The Labute approximate surface area is 169 Å². The van der Waals surface area contributed by atoms with Crippen molar-refractivity contribution in [3.63, 3.8) is 0 Å². The number of aromatic nitrogens is 2. The minimum Gasteiger partial charge on any atom is -0.341 e. The van der Waals surface area contributed by atoms with E-state index >= 15 is 0 Å². The van der Waals surface area contributed by atoms with Crippen molar-refractivity contribution < 1.29 is 18.0 Å². The summed E-state index contributed by atoms with van der Waals surface area (Å²) in [6.07, 6.45) is -3.18. The fraction of sp³-hybridized carbons (Fsp3) is 0.238. The molecule has 30 heavy (non-hydrogen) atoms. The number of fused-ring (bicyclic) bond motifs is 1. The lowest BCUT2D eigenvalue weighted by Gasteiger charge is -2.16. The lowest BCUT2D eigenvalue weighted by Crippen LogP contribution is -2.27. The van der Waals surface area contributed by atoms with Gasteiger partial charge in [-0.15, -0.1) is 0 Å². The summed E-state index contributed by atoms with van der Waals surface area (Å²) >= 11 is 0. The first-order valence-electron chi connectivity index (χ1n) is 8.97. The summed E-state index contributed by atoms with van der Waals surface area (Å²) in [5.74, 6) is -0.279. The van der Waals surface area contributed by atoms with Gasteiger partial charge >= 0.3 is 6.18 Å². The maximum Gasteiger partial charge on any atom is 0.433 e. The molecule has 0 aliphatic heterocycles. The maximum atomic E-state index is 13.3. The van der Waals surface area contributed by atoms with Crippen molar-refractivity contribution in [2.45, 2.75) is 19.5 Å². The van der Waals surface area contributed by atoms with Crippen LogP contribution < -0.4 is 5.56 Å². The molecule has 0 unspecified atom stereocenters. The van der Waals surface area contributed by atoms with E-state index in [9.17, 15) is 22.8 Å². The monoisotopic (exact) mass is 414 g/mol. The average molecular weight is 414 g/mol. The molecular formula is C21H17F3N4O2. The lowest BCUT2D eigenvalue weighted by atomic mass is 10.0. The molecular weight excluding hydrogens is 397 g/mol. The summed E-state index contributed by atoms with van der Waals surface area (Å²) < 4.78 is 41.0. The van der Waals surface area contributed by atoms with Gasteiger partial charge in [-0.2, -0.15) is 18.4 Å². The number of rotatable bonds is 4. The Morgan fingerprint density at radius 1 is 1.23 bits per heavy atom. The highest BCUT2D eigenvalue weighted by atomic mass is 19.4. The third-order valence-corrected chi connectivity index (χ3v) is 4.70. The number of carbonyl (C=O) groups excluding carboxylic acids is 1. The number of pyridine rings is 1. The van der Waals surface area contributed by atoms with Crippen LogP contribution in [0.4, 0.5) is 13.2 Å². The predicted molar refractivity (Wildman–Crippen MR) is 104 cm³/mol. The van der Waals surface area contributed by atoms with E-state index in [2.05, 4.69) is 4.98 Å². The topological polar surface area (TPSA) is 78.5 Å². The second-order valence-corrected chi connectivity index (χ2v) is 6.72. The third-order valence-electron chi connectivity index (χ3n) is 4.70. The van der Waals surface area contributed by atoms with E-state index in [1.165, 1.54) is 11.1 Å². The van der Waals surface area contributed by atoms with Gasteiger partial charge in [-0.05, 0) is 36.8 Å². The second kappa shape index (κ2) is 7.99. The Morgan fingerprint density at radius 2 is 1.90 bits per heavy atom. The Hall–Kier alpha value is -3.67. The predicted octanol–water partition coefficient (Wildman–Crippen LogP) is 3.67. The highest BCUT2D eigenvalue weighted by Crippen LogP contribution is 2.31. The molecule has 0 N–H and O–H groups in total. The summed E-state index contributed by atoms with van der Waals surface area (Å²) in [5, 5.41) is 8.63. The third kappa shape index (κ3) is 3.89. The number of hydrogen-bond donors (Lipinski definition) is 0. The number of halogens is 3. The van der Waals surface area contributed by atoms with E-state index in [-0.39, 0.29) is 24.5 Å². The smallest absolute Gasteiger partial charge is 0.341 e. The first kappa shape index (κ1) is 21.0. The number of nitriles is 1. The Balaban J connectivity index is 2.07. The highest BCUT2D eigenvalue weighted by Gasteiger charge is 2.36. The van der Waals surface area contributed by atoms with Gasteiger partial charge in [0.25, 0.3) is 11.5 Å². The maximum absolute atomic E-state index is 13.3. The molecule has 0 fully saturated rings. The van der Waals surface area contributed by atoms with Gasteiger partial charge in [-0.1, -0.05) is 12.1 Å². The normalized spacial score (nSPS) is 11.3. The summed E-state index contributed by atoms with van der Waals surface area (Å²) in [6.45, 7) is 1.38. The van der Waals surface area contributed by atoms with Gasteiger partial charge in [0.05, 0.1) is 12.5 Å². The molecule has 0 aliphatic carbocycles. The van der Waals surface area contributed by atoms with Crippen LogP contribution in [0.25, 0.3) is 16.8 Å². The fourth-order valence-electron chi connectivity index (χ4n) is 3.08. The second-order valence-electron chi connectivity index (χ2n) is 6.72. The average Bonchev–Trinajstić information content (AvgIpc) is 2.72. The van der Waals surface area contributed by atoms with Crippen molar-refractivity contribution in [2.75, 3.05) is 13.6 Å². The molecule has 0 saturated heterocycles. The summed E-state index contributed by atoms with van der Waals surface area (Å²) in [4.78, 5) is 30.0. The number of hydrogen-bond acceptors (Lipinski definition) is 4. The number of amides is 1. The molecule has 0 saturated carbocycles. The van der Waals surface area contributed by atoms with Gasteiger partial charge in [0, 0.05) is 36.5 Å². The molecule has 1 amide bonds. The Kier molecular flexibility index (Phi) is 5.60. The van der Waals surface area contributed by atoms with E-state index in [0.717, 1.165) is 11.3 Å². The van der Waals surface area contributed by atoms with Crippen LogP contribution in [-0.4, -0.2) is 33.8 Å². The molecule has 3 aromatic rings. The molecule has 0 aliphatic rings. The molecule has 0 radical (unpaired) electrons. The summed E-state index contributed by atoms with van der Waals surface area (Å²) in [6, 6.07) is 11.3. The zero-order valence-corrected chi connectivity index (χ0v) is 16.2. The van der Waals surface area contributed by atoms with E-state index in [4.69, 9.17) is 5.26 Å². The SMILES string of the molecule is Cc1c(C(F)(F)F)nc2c(-c3ccc(C(=O)N(C)CCC#N)cc3)cccn2c1=O. The van der Waals surface area contributed by atoms with Crippen LogP contribution in [0.5, 0.6) is 0 Å². The van der Waals surface area contributed by atoms with Gasteiger partial charge in [0.1, 0.15) is 5.65 Å². The minimum atomic E-state index is -4.75. The summed E-state index contributed by atoms with van der Waals surface area (Å²) in [5.41, 5.74) is -1.39. The molecule has 0 spiro atoms. The first-order valence-corrected chi connectivity index (χ1v) is 8.97. The van der Waals surface area contributed by atoms with Crippen LogP contribution in [0.1, 0.15) is 28.0 Å². The quantitative estimate of drug-likeness (QED) is 0.653. The van der Waals surface area contributed by atoms with Gasteiger partial charge < -0.3 is 4.90 Å². The van der Waals surface area contributed by atoms with Crippen LogP contribution in [0.2, 0.25) is 0 Å². The molecule has 0 bridgehead atoms. The van der Waals surface area contributed by atoms with Crippen LogP contribution in [-0.2, 0) is 6.18 Å². The fourth-order valence-corrected chi connectivity index (χ4v) is 3.08. The van der Waals surface area contributed by atoms with Gasteiger partial charge in [-0.25, -0.2) is 4.98 Å². The standard InChI is InChI=1S/C21H17F3N4O2/c1-13-17(21(22,23)24)26-18-16(5-3-12-28(18)19(13)29)14-6-8-15(9-7-14)20(30)27(2)11-4-10-25/h3,5-9,12H,4,11H2,1-2H3. The number of benzene rings is 1. The number of alkyl halides is 3. The molecule has 2 aromatic heterocycles. The van der Waals surface area contributed by atoms with E-state index in [0.29, 0.717) is 16.7 Å². The van der Waals surface area contributed by atoms with Crippen LogP contribution in [0, 0.1) is 18.3 Å². The van der Waals surface area contributed by atoms with Crippen molar-refractivity contribution in [1.29, 1.82) is 5.26 Å². The van der Waals surface area contributed by atoms with E-state index < -0.39 is 23.0 Å².